The molecule has 0 fully saturated rings. The normalized spacial score (nSPS) is 11.3. The number of hydrogen-bond acceptors (Lipinski definition) is 5. The maximum Gasteiger partial charge on any atom is 0.266 e. The van der Waals surface area contributed by atoms with E-state index < -0.39 is 10.0 Å². The highest BCUT2D eigenvalue weighted by Gasteiger charge is 2.28. The molecule has 0 radical (unpaired) electrons. The van der Waals surface area contributed by atoms with E-state index in [4.69, 9.17) is 4.42 Å². The summed E-state index contributed by atoms with van der Waals surface area (Å²) in [6, 6.07) is 21.8. The molecule has 0 aliphatic carbocycles. The molecule has 0 aliphatic rings. The van der Waals surface area contributed by atoms with Crippen molar-refractivity contribution in [1.29, 1.82) is 5.26 Å². The van der Waals surface area contributed by atoms with Gasteiger partial charge in [0.2, 0.25) is 17.5 Å². The number of nitrogens with zero attached hydrogens (tertiary/aromatic N) is 3. The molecule has 144 valence electrons. The van der Waals surface area contributed by atoms with E-state index >= 15 is 0 Å². The van der Waals surface area contributed by atoms with Crippen molar-refractivity contribution in [2.45, 2.75) is 11.8 Å². The SMILES string of the molecule is Cc1ccc(S(=O)(=O)N(C)c2oc(-c3cccc4ccccc34)nc2C#N)cc1. The lowest BCUT2D eigenvalue weighted by Gasteiger charge is -2.16. The fraction of sp³-hybridized carbons (Fsp3) is 0.0909. The van der Waals surface area contributed by atoms with Gasteiger partial charge < -0.3 is 4.42 Å². The molecular weight excluding hydrogens is 386 g/mol. The second-order valence-electron chi connectivity index (χ2n) is 6.60. The number of hydrogen-bond donors (Lipinski definition) is 0. The molecule has 0 atom stereocenters. The van der Waals surface area contributed by atoms with Crippen molar-refractivity contribution < 1.29 is 12.8 Å². The molecule has 0 bridgehead atoms. The van der Waals surface area contributed by atoms with Crippen LogP contribution in [0.5, 0.6) is 0 Å². The zero-order valence-electron chi connectivity index (χ0n) is 15.8. The van der Waals surface area contributed by atoms with Gasteiger partial charge in [-0.15, -0.1) is 0 Å². The number of rotatable bonds is 4. The molecule has 0 saturated carbocycles. The molecule has 4 rings (SSSR count). The van der Waals surface area contributed by atoms with Crippen LogP contribution in [0.15, 0.2) is 76.0 Å². The van der Waals surface area contributed by atoms with Crippen LogP contribution in [0.25, 0.3) is 22.2 Å². The van der Waals surface area contributed by atoms with E-state index in [-0.39, 0.29) is 22.4 Å². The Balaban J connectivity index is 1.83. The van der Waals surface area contributed by atoms with Crippen molar-refractivity contribution in [3.05, 3.63) is 78.0 Å². The topological polar surface area (TPSA) is 87.2 Å². The standard InChI is InChI=1S/C22H17N3O3S/c1-15-10-12-17(13-11-15)29(26,27)25(2)22-20(14-23)24-21(28-22)19-9-5-7-16-6-3-4-8-18(16)19/h3-13H,1-2H3. The summed E-state index contributed by atoms with van der Waals surface area (Å²) in [5.41, 5.74) is 1.54. The van der Waals surface area contributed by atoms with Crippen molar-refractivity contribution in [1.82, 2.24) is 4.98 Å². The zero-order chi connectivity index (χ0) is 20.6. The van der Waals surface area contributed by atoms with E-state index in [1.54, 1.807) is 12.1 Å². The minimum atomic E-state index is -3.90. The minimum absolute atomic E-state index is 0.0916. The van der Waals surface area contributed by atoms with Crippen LogP contribution in [0.4, 0.5) is 5.88 Å². The molecule has 6 nitrogen and oxygen atoms in total. The number of aromatic nitrogens is 1. The van der Waals surface area contributed by atoms with Gasteiger partial charge in [-0.1, -0.05) is 54.1 Å². The highest BCUT2D eigenvalue weighted by molar-refractivity contribution is 7.92. The van der Waals surface area contributed by atoms with Crippen LogP contribution in [0.3, 0.4) is 0 Å². The van der Waals surface area contributed by atoms with E-state index in [1.165, 1.54) is 19.2 Å². The van der Waals surface area contributed by atoms with Gasteiger partial charge in [0.1, 0.15) is 6.07 Å². The summed E-state index contributed by atoms with van der Waals surface area (Å²) in [6.45, 7) is 1.88. The van der Waals surface area contributed by atoms with E-state index in [0.29, 0.717) is 5.56 Å². The third kappa shape index (κ3) is 3.24. The van der Waals surface area contributed by atoms with Crippen LogP contribution in [0.2, 0.25) is 0 Å². The summed E-state index contributed by atoms with van der Waals surface area (Å²) < 4.78 is 32.8. The van der Waals surface area contributed by atoms with Crippen LogP contribution in [0, 0.1) is 18.3 Å². The Morgan fingerprint density at radius 1 is 1.00 bits per heavy atom. The summed E-state index contributed by atoms with van der Waals surface area (Å²) >= 11 is 0. The number of benzene rings is 3. The van der Waals surface area contributed by atoms with Gasteiger partial charge in [0.05, 0.1) is 4.90 Å². The first-order chi connectivity index (χ1) is 13.9. The third-order valence-corrected chi connectivity index (χ3v) is 6.46. The molecule has 1 aromatic heterocycles. The maximum atomic E-state index is 13.0. The molecule has 0 aliphatic heterocycles. The fourth-order valence-electron chi connectivity index (χ4n) is 3.10. The summed E-state index contributed by atoms with van der Waals surface area (Å²) in [5, 5.41) is 11.4. The number of oxazole rings is 1. The minimum Gasteiger partial charge on any atom is -0.418 e. The number of anilines is 1. The Labute approximate surface area is 168 Å². The molecule has 1 heterocycles. The molecule has 3 aromatic carbocycles. The Bertz CT molecular complexity index is 1350. The van der Waals surface area contributed by atoms with Crippen LogP contribution >= 0.6 is 0 Å². The largest absolute Gasteiger partial charge is 0.418 e. The average Bonchev–Trinajstić information content (AvgIpc) is 3.17. The van der Waals surface area contributed by atoms with Gasteiger partial charge in [-0.3, -0.25) is 0 Å². The van der Waals surface area contributed by atoms with Gasteiger partial charge in [-0.25, -0.2) is 12.7 Å². The average molecular weight is 403 g/mol. The summed E-state index contributed by atoms with van der Waals surface area (Å²) in [4.78, 5) is 4.37. The Kier molecular flexibility index (Phi) is 4.57. The van der Waals surface area contributed by atoms with Crippen LogP contribution in [0.1, 0.15) is 11.3 Å². The van der Waals surface area contributed by atoms with Crippen molar-refractivity contribution in [3.63, 3.8) is 0 Å². The van der Waals surface area contributed by atoms with Gasteiger partial charge in [-0.2, -0.15) is 10.2 Å². The van der Waals surface area contributed by atoms with Gasteiger partial charge in [0.15, 0.2) is 0 Å². The Morgan fingerprint density at radius 2 is 1.69 bits per heavy atom. The van der Waals surface area contributed by atoms with E-state index in [9.17, 15) is 13.7 Å². The summed E-state index contributed by atoms with van der Waals surface area (Å²) in [6.07, 6.45) is 0. The summed E-state index contributed by atoms with van der Waals surface area (Å²) in [5.74, 6) is 0.0790. The second-order valence-corrected chi connectivity index (χ2v) is 8.57. The van der Waals surface area contributed by atoms with Crippen LogP contribution < -0.4 is 4.31 Å². The lowest BCUT2D eigenvalue weighted by Crippen LogP contribution is -2.26. The predicted molar refractivity (Wildman–Crippen MR) is 111 cm³/mol. The van der Waals surface area contributed by atoms with Crippen molar-refractivity contribution in [2.75, 3.05) is 11.4 Å². The van der Waals surface area contributed by atoms with E-state index in [1.807, 2.05) is 55.5 Å². The van der Waals surface area contributed by atoms with Crippen LogP contribution in [-0.2, 0) is 10.0 Å². The molecule has 0 amide bonds. The fourth-order valence-corrected chi connectivity index (χ4v) is 4.24. The quantitative estimate of drug-likeness (QED) is 0.501. The molecule has 0 saturated heterocycles. The maximum absolute atomic E-state index is 13.0. The Morgan fingerprint density at radius 3 is 2.41 bits per heavy atom. The number of sulfonamides is 1. The van der Waals surface area contributed by atoms with Gasteiger partial charge >= 0.3 is 0 Å². The molecule has 29 heavy (non-hydrogen) atoms. The highest BCUT2D eigenvalue weighted by atomic mass is 32.2. The third-order valence-electron chi connectivity index (χ3n) is 4.70. The number of nitriles is 1. The monoisotopic (exact) mass is 403 g/mol. The first-order valence-corrected chi connectivity index (χ1v) is 10.3. The predicted octanol–water partition coefficient (Wildman–Crippen LogP) is 4.50. The first-order valence-electron chi connectivity index (χ1n) is 8.86. The molecule has 0 spiro atoms. The number of fused-ring (bicyclic) bond motifs is 1. The zero-order valence-corrected chi connectivity index (χ0v) is 16.6. The molecule has 7 heteroatoms. The smallest absolute Gasteiger partial charge is 0.266 e. The van der Waals surface area contributed by atoms with Gasteiger partial charge in [-0.05, 0) is 35.9 Å². The van der Waals surface area contributed by atoms with Crippen LogP contribution in [-0.4, -0.2) is 20.4 Å². The molecule has 0 unspecified atom stereocenters. The van der Waals surface area contributed by atoms with E-state index in [2.05, 4.69) is 4.98 Å². The lowest BCUT2D eigenvalue weighted by molar-refractivity contribution is 0.563. The molecule has 4 aromatic rings. The van der Waals surface area contributed by atoms with E-state index in [0.717, 1.165) is 20.6 Å². The van der Waals surface area contributed by atoms with Crippen molar-refractivity contribution in [3.8, 4) is 17.5 Å². The number of aryl methyl sites for hydroxylation is 1. The molecule has 0 N–H and O–H groups in total. The highest BCUT2D eigenvalue weighted by Crippen LogP contribution is 2.34. The van der Waals surface area contributed by atoms with Crippen molar-refractivity contribution in [2.24, 2.45) is 0 Å². The second kappa shape index (κ2) is 7.08. The lowest BCUT2D eigenvalue weighted by atomic mass is 10.0. The van der Waals surface area contributed by atoms with Gasteiger partial charge in [0, 0.05) is 12.6 Å². The molecular formula is C22H17N3O3S. The Hall–Kier alpha value is -3.63. The summed E-state index contributed by atoms with van der Waals surface area (Å²) in [7, 11) is -2.55. The van der Waals surface area contributed by atoms with Crippen molar-refractivity contribution >= 4 is 26.7 Å². The first kappa shape index (κ1) is 18.7. The van der Waals surface area contributed by atoms with Gasteiger partial charge in [0.25, 0.3) is 10.0 Å².